The minimum absolute atomic E-state index is 0.0972. The fourth-order valence-electron chi connectivity index (χ4n) is 6.80. The lowest BCUT2D eigenvalue weighted by atomic mass is 9.89. The van der Waals surface area contributed by atoms with E-state index < -0.39 is 0 Å². The summed E-state index contributed by atoms with van der Waals surface area (Å²) in [6, 6.07) is 10.4. The maximum Gasteiger partial charge on any atom is 0.257 e. The molecule has 0 unspecified atom stereocenters. The molecule has 1 amide bonds. The first-order chi connectivity index (χ1) is 21.5. The zero-order valence-corrected chi connectivity index (χ0v) is 27.3. The third-order valence-electron chi connectivity index (χ3n) is 9.20. The Morgan fingerprint density at radius 2 is 1.82 bits per heavy atom. The molecule has 1 N–H and O–H groups in total. The van der Waals surface area contributed by atoms with Gasteiger partial charge in [0.25, 0.3) is 5.91 Å². The number of amides is 1. The first-order valence-corrected chi connectivity index (χ1v) is 17.2. The van der Waals surface area contributed by atoms with Crippen molar-refractivity contribution in [1.82, 2.24) is 19.7 Å². The van der Waals surface area contributed by atoms with Crippen LogP contribution >= 0.6 is 11.3 Å². The lowest BCUT2D eigenvalue weighted by Crippen LogP contribution is -2.33. The van der Waals surface area contributed by atoms with Crippen molar-refractivity contribution in [1.29, 1.82) is 0 Å². The molecule has 3 aromatic heterocycles. The lowest BCUT2D eigenvalue weighted by molar-refractivity contribution is 0.102. The second-order valence-corrected chi connectivity index (χ2v) is 13.0. The van der Waals surface area contributed by atoms with Gasteiger partial charge in [0.2, 0.25) is 0 Å². The summed E-state index contributed by atoms with van der Waals surface area (Å²) in [4.78, 5) is 25.5. The Bertz CT molecular complexity index is 1730. The van der Waals surface area contributed by atoms with Crippen LogP contribution in [0, 0.1) is 19.8 Å². The van der Waals surface area contributed by atoms with E-state index in [2.05, 4.69) is 64.1 Å². The molecule has 2 aliphatic carbocycles. The molecule has 1 aromatic carbocycles. The molecule has 7 rings (SSSR count). The number of rotatable bonds is 6. The number of fused-ring (bicyclic) bond motifs is 2. The smallest absolute Gasteiger partial charge is 0.257 e. The van der Waals surface area contributed by atoms with Crippen LogP contribution in [0.3, 0.4) is 0 Å². The van der Waals surface area contributed by atoms with Gasteiger partial charge >= 0.3 is 0 Å². The highest BCUT2D eigenvalue weighted by Crippen LogP contribution is 2.32. The highest BCUT2D eigenvalue weighted by molar-refractivity contribution is 7.13. The fraction of sp³-hybridized carbons (Fsp3) is 0.444. The number of aromatic nitrogens is 4. The highest BCUT2D eigenvalue weighted by Gasteiger charge is 2.24. The van der Waals surface area contributed by atoms with Gasteiger partial charge in [-0.3, -0.25) is 14.8 Å². The van der Waals surface area contributed by atoms with Crippen LogP contribution in [-0.2, 0) is 19.5 Å². The van der Waals surface area contributed by atoms with Crippen molar-refractivity contribution in [3.05, 3.63) is 74.5 Å². The standard InChI is InChI=1S/C34H38N6OS.C2H6/c1-22-26(28-19-35-40(23(28)2)20-24-9-4-3-5-10-24)15-16-32(36-22)39-18-17-25-11-8-12-27(29(25)21-39)33(41)38-34-37-30-13-6-7-14-31(30)42-34;1-2/h8,11-16,19,24H,3-7,9-10,17-18,20-21H2,1-2H3,(H,37,38,41);1-2H3. The van der Waals surface area contributed by atoms with Crippen LogP contribution in [0.1, 0.15) is 91.7 Å². The van der Waals surface area contributed by atoms with Gasteiger partial charge in [-0.05, 0) is 81.2 Å². The normalized spacial score (nSPS) is 16.1. The molecule has 0 saturated heterocycles. The Labute approximate surface area is 264 Å². The lowest BCUT2D eigenvalue weighted by Gasteiger charge is -2.31. The van der Waals surface area contributed by atoms with Gasteiger partial charge in [0.05, 0.1) is 16.1 Å². The van der Waals surface area contributed by atoms with Crippen LogP contribution in [0.2, 0.25) is 0 Å². The molecule has 1 aliphatic heterocycles. The van der Waals surface area contributed by atoms with Gasteiger partial charge < -0.3 is 4.90 Å². The van der Waals surface area contributed by atoms with Crippen molar-refractivity contribution < 1.29 is 4.79 Å². The molecule has 8 heteroatoms. The number of carbonyl (C=O) groups excluding carboxylic acids is 1. The average Bonchev–Trinajstić information content (AvgIpc) is 3.64. The molecular weight excluding hydrogens is 565 g/mol. The molecular formula is C36H44N6OS. The minimum atomic E-state index is -0.0972. The predicted molar refractivity (Wildman–Crippen MR) is 182 cm³/mol. The molecule has 44 heavy (non-hydrogen) atoms. The number of thiazole rings is 1. The number of hydrogen-bond acceptors (Lipinski definition) is 6. The van der Waals surface area contributed by atoms with Crippen molar-refractivity contribution in [2.24, 2.45) is 5.92 Å². The number of aryl methyl sites for hydroxylation is 1. The van der Waals surface area contributed by atoms with E-state index in [1.54, 1.807) is 11.3 Å². The Balaban J connectivity index is 0.00000168. The van der Waals surface area contributed by atoms with Gasteiger partial charge in [-0.2, -0.15) is 5.10 Å². The van der Waals surface area contributed by atoms with E-state index in [9.17, 15) is 4.79 Å². The summed E-state index contributed by atoms with van der Waals surface area (Å²) in [5.41, 5.74) is 7.56. The topological polar surface area (TPSA) is 75.9 Å². The molecule has 0 spiro atoms. The Hall–Kier alpha value is -3.78. The van der Waals surface area contributed by atoms with Crippen LogP contribution in [0.4, 0.5) is 10.9 Å². The second-order valence-electron chi connectivity index (χ2n) is 12.0. The van der Waals surface area contributed by atoms with Gasteiger partial charge in [0.1, 0.15) is 5.82 Å². The number of nitrogens with zero attached hydrogens (tertiary/aromatic N) is 5. The Morgan fingerprint density at radius 1 is 1.00 bits per heavy atom. The van der Waals surface area contributed by atoms with Gasteiger partial charge in [0, 0.05) is 47.7 Å². The van der Waals surface area contributed by atoms with E-state index in [-0.39, 0.29) is 5.91 Å². The van der Waals surface area contributed by atoms with E-state index in [0.29, 0.717) is 17.2 Å². The van der Waals surface area contributed by atoms with Crippen molar-refractivity contribution in [2.45, 2.75) is 92.2 Å². The molecule has 0 bridgehead atoms. The molecule has 7 nitrogen and oxygen atoms in total. The van der Waals surface area contributed by atoms with Gasteiger partial charge in [-0.15, -0.1) is 0 Å². The summed E-state index contributed by atoms with van der Waals surface area (Å²) in [7, 11) is 0. The van der Waals surface area contributed by atoms with Gasteiger partial charge in [-0.1, -0.05) is 68.7 Å². The molecule has 4 aromatic rings. The van der Waals surface area contributed by atoms with E-state index in [1.807, 2.05) is 32.2 Å². The van der Waals surface area contributed by atoms with E-state index >= 15 is 0 Å². The van der Waals surface area contributed by atoms with E-state index in [4.69, 9.17) is 10.1 Å². The van der Waals surface area contributed by atoms with Crippen LogP contribution in [0.5, 0.6) is 0 Å². The number of benzene rings is 1. The number of carbonyl (C=O) groups is 1. The number of hydrogen-bond donors (Lipinski definition) is 1. The third-order valence-corrected chi connectivity index (χ3v) is 10.2. The number of anilines is 2. The predicted octanol–water partition coefficient (Wildman–Crippen LogP) is 6.79. The van der Waals surface area contributed by atoms with Crippen molar-refractivity contribution in [3.8, 4) is 11.1 Å². The first-order valence-electron chi connectivity index (χ1n) is 16.4. The molecule has 1 fully saturated rings. The van der Waals surface area contributed by atoms with Crippen LogP contribution < -0.4 is 20.1 Å². The summed E-state index contributed by atoms with van der Waals surface area (Å²) in [5, 5.41) is 9.49. The summed E-state index contributed by atoms with van der Waals surface area (Å²) >= 11 is 1.55. The van der Waals surface area contributed by atoms with E-state index in [0.717, 1.165) is 70.8 Å². The molecule has 3 aliphatic rings. The molecule has 0 atom stereocenters. The van der Waals surface area contributed by atoms with Crippen LogP contribution in [0.15, 0.2) is 36.5 Å². The third kappa shape index (κ3) is 6.23. The highest BCUT2D eigenvalue weighted by atomic mass is 32.1. The monoisotopic (exact) mass is 608 g/mol. The van der Waals surface area contributed by atoms with E-state index in [1.165, 1.54) is 48.9 Å². The number of pyridine rings is 1. The zero-order chi connectivity index (χ0) is 30.6. The van der Waals surface area contributed by atoms with Crippen molar-refractivity contribution in [2.75, 3.05) is 16.8 Å². The quantitative estimate of drug-likeness (QED) is 0.261. The SMILES string of the molecule is CC.Cc1nc(N2CCc3cccc(C(=O)Nc4nc5c(s4)=CCCC=5)c3C2)ccc1-c1cnn(CC2CCCCC2)c1C. The molecule has 0 radical (unpaired) electrons. The van der Waals surface area contributed by atoms with Crippen LogP contribution in [-0.4, -0.2) is 32.2 Å². The Morgan fingerprint density at radius 3 is 2.61 bits per heavy atom. The van der Waals surface area contributed by atoms with Gasteiger partial charge in [0.15, 0.2) is 5.13 Å². The zero-order valence-electron chi connectivity index (χ0n) is 26.5. The maximum absolute atomic E-state index is 13.5. The Kier molecular flexibility index (Phi) is 9.26. The summed E-state index contributed by atoms with van der Waals surface area (Å²) < 4.78 is 3.35. The summed E-state index contributed by atoms with van der Waals surface area (Å²) in [6.45, 7) is 10.8. The van der Waals surface area contributed by atoms with Crippen molar-refractivity contribution >= 4 is 40.3 Å². The number of nitrogens with one attached hydrogen (secondary N) is 1. The maximum atomic E-state index is 13.5. The average molecular weight is 609 g/mol. The summed E-state index contributed by atoms with van der Waals surface area (Å²) in [6.07, 6.45) is 16.0. The summed E-state index contributed by atoms with van der Waals surface area (Å²) in [5.74, 6) is 1.59. The van der Waals surface area contributed by atoms with Crippen molar-refractivity contribution in [3.63, 3.8) is 0 Å². The van der Waals surface area contributed by atoms with Gasteiger partial charge in [-0.25, -0.2) is 9.97 Å². The first kappa shape index (κ1) is 30.3. The molecule has 230 valence electrons. The second kappa shape index (κ2) is 13.5. The molecule has 1 saturated carbocycles. The van der Waals surface area contributed by atoms with Crippen LogP contribution in [0.25, 0.3) is 23.3 Å². The molecule has 4 heterocycles. The largest absolute Gasteiger partial charge is 0.352 e. The fourth-order valence-corrected chi connectivity index (χ4v) is 7.73. The minimum Gasteiger partial charge on any atom is -0.352 e.